The maximum atomic E-state index is 12.6. The van der Waals surface area contributed by atoms with E-state index in [0.29, 0.717) is 24.6 Å². The van der Waals surface area contributed by atoms with Gasteiger partial charge in [-0.15, -0.1) is 0 Å². The second-order valence-corrected chi connectivity index (χ2v) is 8.89. The van der Waals surface area contributed by atoms with E-state index < -0.39 is 11.1 Å². The number of carbonyl (C=O) groups excluding carboxylic acids is 3. The second-order valence-electron chi connectivity index (χ2n) is 7.04. The number of nitrogens with zero attached hydrogens (tertiary/aromatic N) is 2. The van der Waals surface area contributed by atoms with E-state index in [1.165, 1.54) is 0 Å². The molecule has 0 aliphatic carbocycles. The second kappa shape index (κ2) is 8.20. The molecule has 2 aliphatic heterocycles. The Balaban J connectivity index is 1.50. The van der Waals surface area contributed by atoms with E-state index in [1.807, 2.05) is 31.2 Å². The minimum absolute atomic E-state index is 0.185. The first-order valence-electron chi connectivity index (χ1n) is 9.32. The van der Waals surface area contributed by atoms with Crippen molar-refractivity contribution in [2.45, 2.75) is 19.8 Å². The van der Waals surface area contributed by atoms with Crippen LogP contribution in [0.1, 0.15) is 24.2 Å². The molecular weight excluding hydrogens is 456 g/mol. The quantitative estimate of drug-likeness (QED) is 0.601. The van der Waals surface area contributed by atoms with Gasteiger partial charge < -0.3 is 9.32 Å². The SMILES string of the molecule is Cc1ccc(-c2ccc(/C=C3\SC(=O)N(CC(=O)N4CCCC4)C3=O)o2)c(Br)c1. The molecule has 0 N–H and O–H groups in total. The number of thioether (sulfide) groups is 1. The van der Waals surface area contributed by atoms with E-state index in [4.69, 9.17) is 4.42 Å². The summed E-state index contributed by atoms with van der Waals surface area (Å²) in [6, 6.07) is 9.53. The molecule has 1 aromatic heterocycles. The Morgan fingerprint density at radius 3 is 2.69 bits per heavy atom. The molecule has 8 heteroatoms. The molecule has 29 heavy (non-hydrogen) atoms. The molecule has 3 heterocycles. The molecule has 0 radical (unpaired) electrons. The number of furan rings is 1. The molecule has 2 saturated heterocycles. The molecular formula is C21H19BrN2O4S. The summed E-state index contributed by atoms with van der Waals surface area (Å²) in [4.78, 5) is 40.2. The summed E-state index contributed by atoms with van der Waals surface area (Å²) >= 11 is 4.37. The Bertz CT molecular complexity index is 1020. The Labute approximate surface area is 181 Å². The molecule has 0 bridgehead atoms. The average Bonchev–Trinajstić information content (AvgIpc) is 3.41. The van der Waals surface area contributed by atoms with Crippen molar-refractivity contribution >= 4 is 50.8 Å². The lowest BCUT2D eigenvalue weighted by Crippen LogP contribution is -2.40. The van der Waals surface area contributed by atoms with E-state index >= 15 is 0 Å². The lowest BCUT2D eigenvalue weighted by atomic mass is 10.1. The van der Waals surface area contributed by atoms with Crippen molar-refractivity contribution in [1.82, 2.24) is 9.80 Å². The van der Waals surface area contributed by atoms with Crippen LogP contribution >= 0.6 is 27.7 Å². The summed E-state index contributed by atoms with van der Waals surface area (Å²) in [5.74, 6) is 0.493. The number of benzene rings is 1. The maximum absolute atomic E-state index is 12.6. The molecule has 0 atom stereocenters. The Morgan fingerprint density at radius 1 is 1.21 bits per heavy atom. The van der Waals surface area contributed by atoms with Crippen molar-refractivity contribution < 1.29 is 18.8 Å². The van der Waals surface area contributed by atoms with Crippen LogP contribution in [0, 0.1) is 6.92 Å². The van der Waals surface area contributed by atoms with Gasteiger partial charge in [0, 0.05) is 29.2 Å². The first kappa shape index (κ1) is 20.0. The number of hydrogen-bond donors (Lipinski definition) is 0. The number of rotatable bonds is 4. The van der Waals surface area contributed by atoms with Gasteiger partial charge in [-0.1, -0.05) is 22.0 Å². The van der Waals surface area contributed by atoms with Crippen molar-refractivity contribution in [2.24, 2.45) is 0 Å². The highest BCUT2D eigenvalue weighted by Gasteiger charge is 2.37. The molecule has 2 aliphatic rings. The largest absolute Gasteiger partial charge is 0.457 e. The number of halogens is 1. The van der Waals surface area contributed by atoms with Gasteiger partial charge in [-0.2, -0.15) is 0 Å². The molecule has 0 unspecified atom stereocenters. The number of hydrogen-bond acceptors (Lipinski definition) is 5. The van der Waals surface area contributed by atoms with E-state index in [2.05, 4.69) is 15.9 Å². The number of likely N-dealkylation sites (tertiary alicyclic amines) is 1. The Kier molecular flexibility index (Phi) is 5.65. The van der Waals surface area contributed by atoms with E-state index in [-0.39, 0.29) is 17.4 Å². The highest BCUT2D eigenvalue weighted by molar-refractivity contribution is 9.10. The highest BCUT2D eigenvalue weighted by Crippen LogP contribution is 2.35. The van der Waals surface area contributed by atoms with Gasteiger partial charge >= 0.3 is 0 Å². The molecule has 4 rings (SSSR count). The van der Waals surface area contributed by atoms with Gasteiger partial charge in [-0.05, 0) is 61.4 Å². The summed E-state index contributed by atoms with van der Waals surface area (Å²) in [6.45, 7) is 3.18. The van der Waals surface area contributed by atoms with E-state index in [1.54, 1.807) is 17.0 Å². The third-order valence-electron chi connectivity index (χ3n) is 4.92. The number of imide groups is 1. The summed E-state index contributed by atoms with van der Waals surface area (Å²) in [6.07, 6.45) is 3.48. The fourth-order valence-electron chi connectivity index (χ4n) is 3.36. The van der Waals surface area contributed by atoms with Gasteiger partial charge in [-0.25, -0.2) is 0 Å². The van der Waals surface area contributed by atoms with Crippen molar-refractivity contribution in [3.05, 3.63) is 51.0 Å². The fraction of sp³-hybridized carbons (Fsp3) is 0.286. The van der Waals surface area contributed by atoms with Crippen LogP contribution in [-0.2, 0) is 9.59 Å². The maximum Gasteiger partial charge on any atom is 0.294 e. The monoisotopic (exact) mass is 474 g/mol. The van der Waals surface area contributed by atoms with Crippen molar-refractivity contribution in [2.75, 3.05) is 19.6 Å². The molecule has 1 aromatic carbocycles. The lowest BCUT2D eigenvalue weighted by molar-refractivity contribution is -0.135. The predicted molar refractivity (Wildman–Crippen MR) is 115 cm³/mol. The number of carbonyl (C=O) groups is 3. The zero-order valence-corrected chi connectivity index (χ0v) is 18.2. The fourth-order valence-corrected chi connectivity index (χ4v) is 4.87. The predicted octanol–water partition coefficient (Wildman–Crippen LogP) is 4.68. The van der Waals surface area contributed by atoms with Crippen LogP contribution < -0.4 is 0 Å². The summed E-state index contributed by atoms with van der Waals surface area (Å²) in [7, 11) is 0. The standard InChI is InChI=1S/C21H19BrN2O4S/c1-13-4-6-15(16(22)10-13)17-7-5-14(28-17)11-18-20(26)24(21(27)29-18)12-19(25)23-8-2-3-9-23/h4-7,10-11H,2-3,8-9,12H2,1H3/b18-11-. The van der Waals surface area contributed by atoms with Crippen LogP contribution in [0.15, 0.2) is 44.1 Å². The van der Waals surface area contributed by atoms with Crippen LogP contribution in [0.3, 0.4) is 0 Å². The third-order valence-corrected chi connectivity index (χ3v) is 6.48. The summed E-state index contributed by atoms with van der Waals surface area (Å²) in [5, 5.41) is -0.429. The minimum Gasteiger partial charge on any atom is -0.457 e. The van der Waals surface area contributed by atoms with Crippen molar-refractivity contribution in [3.63, 3.8) is 0 Å². The van der Waals surface area contributed by atoms with Gasteiger partial charge in [0.05, 0.1) is 4.91 Å². The minimum atomic E-state index is -0.456. The van der Waals surface area contributed by atoms with Gasteiger partial charge in [0.15, 0.2) is 0 Å². The number of aryl methyl sites for hydroxylation is 1. The normalized spacial score (nSPS) is 18.3. The molecule has 0 spiro atoms. The average molecular weight is 475 g/mol. The lowest BCUT2D eigenvalue weighted by Gasteiger charge is -2.18. The van der Waals surface area contributed by atoms with Crippen LogP contribution in [-0.4, -0.2) is 46.5 Å². The zero-order valence-electron chi connectivity index (χ0n) is 15.8. The van der Waals surface area contributed by atoms with Crippen LogP contribution in [0.25, 0.3) is 17.4 Å². The third kappa shape index (κ3) is 4.18. The van der Waals surface area contributed by atoms with E-state index in [9.17, 15) is 14.4 Å². The van der Waals surface area contributed by atoms with Gasteiger partial charge in [0.25, 0.3) is 11.1 Å². The molecule has 6 nitrogen and oxygen atoms in total. The van der Waals surface area contributed by atoms with Crippen molar-refractivity contribution in [3.8, 4) is 11.3 Å². The van der Waals surface area contributed by atoms with Crippen molar-refractivity contribution in [1.29, 1.82) is 0 Å². The highest BCUT2D eigenvalue weighted by atomic mass is 79.9. The van der Waals surface area contributed by atoms with Crippen LogP contribution in [0.2, 0.25) is 0 Å². The first-order valence-corrected chi connectivity index (χ1v) is 10.9. The van der Waals surface area contributed by atoms with Gasteiger partial charge in [0.2, 0.25) is 5.91 Å². The molecule has 150 valence electrons. The molecule has 3 amide bonds. The molecule has 2 fully saturated rings. The Morgan fingerprint density at radius 2 is 1.97 bits per heavy atom. The summed E-state index contributed by atoms with van der Waals surface area (Å²) < 4.78 is 6.77. The van der Waals surface area contributed by atoms with Crippen LogP contribution in [0.5, 0.6) is 0 Å². The Hall–Kier alpha value is -2.32. The van der Waals surface area contributed by atoms with E-state index in [0.717, 1.165) is 45.1 Å². The van der Waals surface area contributed by atoms with Crippen LogP contribution in [0.4, 0.5) is 4.79 Å². The first-order chi connectivity index (χ1) is 13.9. The topological polar surface area (TPSA) is 70.8 Å². The summed E-state index contributed by atoms with van der Waals surface area (Å²) in [5.41, 5.74) is 2.03. The number of amides is 3. The van der Waals surface area contributed by atoms with Gasteiger partial charge in [-0.3, -0.25) is 19.3 Å². The molecule has 2 aromatic rings. The smallest absolute Gasteiger partial charge is 0.294 e. The zero-order chi connectivity index (χ0) is 20.5. The van der Waals surface area contributed by atoms with Gasteiger partial charge in [0.1, 0.15) is 18.1 Å². The molecule has 0 saturated carbocycles.